The zero-order chi connectivity index (χ0) is 16.0. The standard InChI is InChI=1S/C18H17N3O2/c22-13-14-23-18(15-7-1-4-10-19-15,16-8-2-5-11-20-16)17-9-3-6-12-21-17/h1-12,22H,13-14H2. The molecule has 0 bridgehead atoms. The van der Waals surface area contributed by atoms with Crippen LogP contribution >= 0.6 is 0 Å². The third kappa shape index (κ3) is 2.97. The van der Waals surface area contributed by atoms with Crippen LogP contribution in [0.1, 0.15) is 17.1 Å². The van der Waals surface area contributed by atoms with Crippen LogP contribution in [0.4, 0.5) is 0 Å². The van der Waals surface area contributed by atoms with Gasteiger partial charge in [-0.05, 0) is 36.4 Å². The van der Waals surface area contributed by atoms with Crippen LogP contribution in [0.15, 0.2) is 73.2 Å². The van der Waals surface area contributed by atoms with Gasteiger partial charge in [0.25, 0.3) is 0 Å². The lowest BCUT2D eigenvalue weighted by Gasteiger charge is -2.32. The normalized spacial score (nSPS) is 11.3. The van der Waals surface area contributed by atoms with Crippen LogP contribution in [0.3, 0.4) is 0 Å². The van der Waals surface area contributed by atoms with Crippen molar-refractivity contribution in [3.8, 4) is 0 Å². The van der Waals surface area contributed by atoms with E-state index in [9.17, 15) is 5.11 Å². The topological polar surface area (TPSA) is 68.1 Å². The molecule has 0 amide bonds. The van der Waals surface area contributed by atoms with Gasteiger partial charge < -0.3 is 9.84 Å². The van der Waals surface area contributed by atoms with Gasteiger partial charge in [-0.3, -0.25) is 15.0 Å². The zero-order valence-corrected chi connectivity index (χ0v) is 12.5. The maximum atomic E-state index is 9.28. The van der Waals surface area contributed by atoms with Crippen molar-refractivity contribution in [1.82, 2.24) is 15.0 Å². The van der Waals surface area contributed by atoms with Crippen molar-refractivity contribution >= 4 is 0 Å². The maximum Gasteiger partial charge on any atom is 0.193 e. The fourth-order valence-electron chi connectivity index (χ4n) is 2.53. The molecule has 3 heterocycles. The Labute approximate surface area is 134 Å². The van der Waals surface area contributed by atoms with Crippen molar-refractivity contribution in [3.63, 3.8) is 0 Å². The third-order valence-electron chi connectivity index (χ3n) is 3.49. The number of aliphatic hydroxyl groups excluding tert-OH is 1. The van der Waals surface area contributed by atoms with Crippen molar-refractivity contribution in [2.24, 2.45) is 0 Å². The molecule has 0 fully saturated rings. The van der Waals surface area contributed by atoms with Crippen molar-refractivity contribution in [2.75, 3.05) is 13.2 Å². The summed E-state index contributed by atoms with van der Waals surface area (Å²) in [7, 11) is 0. The second-order valence-electron chi connectivity index (χ2n) is 4.90. The Morgan fingerprint density at radius 2 is 1.17 bits per heavy atom. The van der Waals surface area contributed by atoms with Crippen LogP contribution in [0, 0.1) is 0 Å². The lowest BCUT2D eigenvalue weighted by Crippen LogP contribution is -2.36. The van der Waals surface area contributed by atoms with Gasteiger partial charge in [0, 0.05) is 18.6 Å². The van der Waals surface area contributed by atoms with Gasteiger partial charge in [0.15, 0.2) is 5.60 Å². The molecule has 5 heteroatoms. The average Bonchev–Trinajstić information content (AvgIpc) is 2.65. The molecule has 0 aliphatic heterocycles. The van der Waals surface area contributed by atoms with E-state index < -0.39 is 5.60 Å². The molecule has 0 saturated carbocycles. The van der Waals surface area contributed by atoms with E-state index in [0.717, 1.165) is 0 Å². The summed E-state index contributed by atoms with van der Waals surface area (Å²) in [5.41, 5.74) is 0.953. The first kappa shape index (κ1) is 15.3. The van der Waals surface area contributed by atoms with Crippen molar-refractivity contribution in [3.05, 3.63) is 90.3 Å². The van der Waals surface area contributed by atoms with Gasteiger partial charge in [-0.25, -0.2) is 0 Å². The second-order valence-corrected chi connectivity index (χ2v) is 4.90. The Balaban J connectivity index is 2.25. The first-order valence-electron chi connectivity index (χ1n) is 7.37. The van der Waals surface area contributed by atoms with E-state index in [0.29, 0.717) is 17.1 Å². The number of hydrogen-bond donors (Lipinski definition) is 1. The molecule has 1 N–H and O–H groups in total. The second kappa shape index (κ2) is 7.09. The van der Waals surface area contributed by atoms with Gasteiger partial charge in [0.2, 0.25) is 0 Å². The molecule has 3 aromatic heterocycles. The highest BCUT2D eigenvalue weighted by Gasteiger charge is 2.41. The molecule has 3 aromatic rings. The molecule has 0 saturated heterocycles. The Kier molecular flexibility index (Phi) is 4.71. The van der Waals surface area contributed by atoms with E-state index in [4.69, 9.17) is 4.74 Å². The van der Waals surface area contributed by atoms with Gasteiger partial charge >= 0.3 is 0 Å². The summed E-state index contributed by atoms with van der Waals surface area (Å²) in [5, 5.41) is 9.28. The average molecular weight is 307 g/mol. The molecular formula is C18H17N3O2. The molecular weight excluding hydrogens is 290 g/mol. The van der Waals surface area contributed by atoms with E-state index in [1.54, 1.807) is 18.6 Å². The van der Waals surface area contributed by atoms with Crippen LogP contribution in [0.2, 0.25) is 0 Å². The van der Waals surface area contributed by atoms with E-state index in [2.05, 4.69) is 15.0 Å². The molecule has 0 spiro atoms. The van der Waals surface area contributed by atoms with Crippen molar-refractivity contribution in [1.29, 1.82) is 0 Å². The molecule has 0 radical (unpaired) electrons. The minimum atomic E-state index is -1.06. The van der Waals surface area contributed by atoms with Gasteiger partial charge in [0.1, 0.15) is 0 Å². The van der Waals surface area contributed by atoms with Crippen LogP contribution in [0.25, 0.3) is 0 Å². The Hall–Kier alpha value is -2.63. The molecule has 0 aliphatic carbocycles. The van der Waals surface area contributed by atoms with Crippen molar-refractivity contribution < 1.29 is 9.84 Å². The smallest absolute Gasteiger partial charge is 0.193 e. The number of ether oxygens (including phenoxy) is 1. The monoisotopic (exact) mass is 307 g/mol. The first-order valence-corrected chi connectivity index (χ1v) is 7.37. The number of aliphatic hydroxyl groups is 1. The lowest BCUT2D eigenvalue weighted by molar-refractivity contribution is -0.0143. The SMILES string of the molecule is OCCOC(c1ccccn1)(c1ccccn1)c1ccccn1. The highest BCUT2D eigenvalue weighted by Crippen LogP contribution is 2.36. The highest BCUT2D eigenvalue weighted by molar-refractivity contribution is 5.38. The van der Waals surface area contributed by atoms with E-state index in [1.165, 1.54) is 0 Å². The Morgan fingerprint density at radius 3 is 1.48 bits per heavy atom. The van der Waals surface area contributed by atoms with Gasteiger partial charge in [-0.15, -0.1) is 0 Å². The van der Waals surface area contributed by atoms with E-state index >= 15 is 0 Å². The summed E-state index contributed by atoms with van der Waals surface area (Å²) in [4.78, 5) is 13.4. The quantitative estimate of drug-likeness (QED) is 0.756. The van der Waals surface area contributed by atoms with Crippen LogP contribution < -0.4 is 0 Å². The number of aromatic nitrogens is 3. The Morgan fingerprint density at radius 1 is 0.739 bits per heavy atom. The number of rotatable bonds is 6. The van der Waals surface area contributed by atoms with Gasteiger partial charge in [-0.1, -0.05) is 18.2 Å². The summed E-state index contributed by atoms with van der Waals surface area (Å²) in [6.45, 7) is 0.0397. The highest BCUT2D eigenvalue weighted by atomic mass is 16.5. The lowest BCUT2D eigenvalue weighted by atomic mass is 9.89. The molecule has 116 valence electrons. The van der Waals surface area contributed by atoms with Gasteiger partial charge in [-0.2, -0.15) is 0 Å². The van der Waals surface area contributed by atoms with E-state index in [-0.39, 0.29) is 13.2 Å². The summed E-state index contributed by atoms with van der Waals surface area (Å²) >= 11 is 0. The predicted octanol–water partition coefficient (Wildman–Crippen LogP) is 2.17. The van der Waals surface area contributed by atoms with Crippen LogP contribution in [0.5, 0.6) is 0 Å². The Bertz CT molecular complexity index is 624. The number of nitrogens with zero attached hydrogens (tertiary/aromatic N) is 3. The summed E-state index contributed by atoms with van der Waals surface area (Å²) in [6, 6.07) is 16.8. The minimum Gasteiger partial charge on any atom is -0.394 e. The fourth-order valence-corrected chi connectivity index (χ4v) is 2.53. The summed E-state index contributed by atoms with van der Waals surface area (Å²) in [6.07, 6.45) is 5.12. The first-order chi connectivity index (χ1) is 11.4. The maximum absolute atomic E-state index is 9.28. The summed E-state index contributed by atoms with van der Waals surface area (Å²) in [5.74, 6) is 0. The van der Waals surface area contributed by atoms with Crippen molar-refractivity contribution in [2.45, 2.75) is 5.60 Å². The van der Waals surface area contributed by atoms with Crippen LogP contribution in [-0.2, 0) is 10.3 Å². The molecule has 23 heavy (non-hydrogen) atoms. The molecule has 0 aliphatic rings. The fraction of sp³-hybridized carbons (Fsp3) is 0.167. The zero-order valence-electron chi connectivity index (χ0n) is 12.5. The largest absolute Gasteiger partial charge is 0.394 e. The third-order valence-corrected chi connectivity index (χ3v) is 3.49. The predicted molar refractivity (Wildman–Crippen MR) is 85.6 cm³/mol. The molecule has 3 rings (SSSR count). The molecule has 0 unspecified atom stereocenters. The molecule has 0 atom stereocenters. The molecule has 5 nitrogen and oxygen atoms in total. The van der Waals surface area contributed by atoms with Gasteiger partial charge in [0.05, 0.1) is 30.3 Å². The number of hydrogen-bond acceptors (Lipinski definition) is 5. The summed E-state index contributed by atoms with van der Waals surface area (Å²) < 4.78 is 6.10. The minimum absolute atomic E-state index is 0.103. The number of pyridine rings is 3. The molecule has 0 aromatic carbocycles. The van der Waals surface area contributed by atoms with E-state index in [1.807, 2.05) is 54.6 Å². The van der Waals surface area contributed by atoms with Crippen LogP contribution in [-0.4, -0.2) is 33.3 Å².